The molecule has 1 aromatic heterocycles. The van der Waals surface area contributed by atoms with E-state index < -0.39 is 0 Å². The van der Waals surface area contributed by atoms with E-state index in [2.05, 4.69) is 16.0 Å². The van der Waals surface area contributed by atoms with Crippen LogP contribution in [0.1, 0.15) is 5.56 Å². The minimum absolute atomic E-state index is 0.712. The fraction of sp³-hybridized carbons (Fsp3) is 0.0667. The van der Waals surface area contributed by atoms with Crippen LogP contribution in [0.5, 0.6) is 0 Å². The van der Waals surface area contributed by atoms with Crippen molar-refractivity contribution in [2.75, 3.05) is 5.73 Å². The van der Waals surface area contributed by atoms with Gasteiger partial charge in [0.15, 0.2) is 5.82 Å². The fourth-order valence-electron chi connectivity index (χ4n) is 2.05. The number of aromatic nitrogens is 2. The Labute approximate surface area is 105 Å². The van der Waals surface area contributed by atoms with Gasteiger partial charge in [-0.1, -0.05) is 24.3 Å². The molecular weight excluding hydrogens is 222 g/mol. The average Bonchev–Trinajstić information content (AvgIpc) is 2.38. The first-order valence-electron chi connectivity index (χ1n) is 5.81. The van der Waals surface area contributed by atoms with Crippen molar-refractivity contribution < 1.29 is 0 Å². The highest BCUT2D eigenvalue weighted by molar-refractivity contribution is 5.97. The second kappa shape index (κ2) is 4.11. The van der Waals surface area contributed by atoms with Crippen LogP contribution in [0.15, 0.2) is 48.8 Å². The molecule has 3 aromatic rings. The van der Waals surface area contributed by atoms with Gasteiger partial charge < -0.3 is 5.73 Å². The van der Waals surface area contributed by atoms with E-state index in [4.69, 9.17) is 5.73 Å². The van der Waals surface area contributed by atoms with Crippen molar-refractivity contribution >= 4 is 16.5 Å². The number of nitrogen functional groups attached to an aromatic ring is 1. The maximum Gasteiger partial charge on any atom is 0.159 e. The molecule has 88 valence electrons. The Balaban J connectivity index is 2.31. The van der Waals surface area contributed by atoms with Crippen LogP contribution in [0.4, 0.5) is 5.69 Å². The maximum absolute atomic E-state index is 5.94. The average molecular weight is 235 g/mol. The molecule has 0 radical (unpaired) electrons. The van der Waals surface area contributed by atoms with Crippen molar-refractivity contribution in [2.24, 2.45) is 0 Å². The lowest BCUT2D eigenvalue weighted by Gasteiger charge is -2.07. The summed E-state index contributed by atoms with van der Waals surface area (Å²) in [6.07, 6.45) is 3.64. The summed E-state index contributed by atoms with van der Waals surface area (Å²) in [5.74, 6) is 0.712. The molecule has 0 amide bonds. The van der Waals surface area contributed by atoms with E-state index in [1.165, 1.54) is 0 Å². The van der Waals surface area contributed by atoms with Gasteiger partial charge in [-0.2, -0.15) is 0 Å². The molecule has 0 atom stereocenters. The zero-order valence-electron chi connectivity index (χ0n) is 10.1. The third-order valence-electron chi connectivity index (χ3n) is 2.91. The Hall–Kier alpha value is -2.42. The first kappa shape index (κ1) is 10.7. The van der Waals surface area contributed by atoms with Crippen LogP contribution in [0.3, 0.4) is 0 Å². The summed E-state index contributed by atoms with van der Waals surface area (Å²) in [6.45, 7) is 1.97. The van der Waals surface area contributed by atoms with Crippen LogP contribution >= 0.6 is 0 Å². The van der Waals surface area contributed by atoms with Gasteiger partial charge in [0.1, 0.15) is 0 Å². The summed E-state index contributed by atoms with van der Waals surface area (Å²) in [4.78, 5) is 8.75. The molecular formula is C15H13N3. The van der Waals surface area contributed by atoms with E-state index in [1.807, 2.05) is 49.6 Å². The van der Waals surface area contributed by atoms with Gasteiger partial charge in [0.2, 0.25) is 0 Å². The number of hydrogen-bond acceptors (Lipinski definition) is 3. The van der Waals surface area contributed by atoms with Gasteiger partial charge in [0.25, 0.3) is 0 Å². The fourth-order valence-corrected chi connectivity index (χ4v) is 2.05. The molecule has 0 fully saturated rings. The van der Waals surface area contributed by atoms with E-state index in [9.17, 15) is 0 Å². The van der Waals surface area contributed by atoms with Gasteiger partial charge >= 0.3 is 0 Å². The van der Waals surface area contributed by atoms with Crippen molar-refractivity contribution in [2.45, 2.75) is 6.92 Å². The number of rotatable bonds is 1. The Bertz CT molecular complexity index is 703. The van der Waals surface area contributed by atoms with E-state index >= 15 is 0 Å². The van der Waals surface area contributed by atoms with Crippen LogP contribution in [0.2, 0.25) is 0 Å². The van der Waals surface area contributed by atoms with E-state index in [0.717, 1.165) is 27.6 Å². The largest absolute Gasteiger partial charge is 0.399 e. The maximum atomic E-state index is 5.94. The molecule has 0 saturated carbocycles. The number of nitrogens with zero attached hydrogens (tertiary/aromatic N) is 2. The summed E-state index contributed by atoms with van der Waals surface area (Å²) in [7, 11) is 0. The van der Waals surface area contributed by atoms with E-state index in [1.54, 1.807) is 0 Å². The molecule has 0 aliphatic heterocycles. The zero-order chi connectivity index (χ0) is 12.5. The predicted molar refractivity (Wildman–Crippen MR) is 74.1 cm³/mol. The van der Waals surface area contributed by atoms with Crippen molar-refractivity contribution in [1.29, 1.82) is 0 Å². The lowest BCUT2D eigenvalue weighted by molar-refractivity contribution is 1.14. The Kier molecular flexibility index (Phi) is 2.45. The van der Waals surface area contributed by atoms with Crippen molar-refractivity contribution in [1.82, 2.24) is 9.97 Å². The number of fused-ring (bicyclic) bond motifs is 1. The first-order chi connectivity index (χ1) is 8.74. The zero-order valence-corrected chi connectivity index (χ0v) is 10.1. The molecule has 0 unspecified atom stereocenters. The Morgan fingerprint density at radius 1 is 1.00 bits per heavy atom. The molecule has 0 aliphatic carbocycles. The van der Waals surface area contributed by atoms with Crippen LogP contribution in [0, 0.1) is 6.92 Å². The van der Waals surface area contributed by atoms with Crippen molar-refractivity contribution in [3.8, 4) is 11.4 Å². The standard InChI is InChI=1S/C15H13N3/c1-10-8-17-15(18-9-10)14-7-12(16)6-11-4-2-3-5-13(11)14/h2-9H,16H2,1H3. The topological polar surface area (TPSA) is 51.8 Å². The van der Waals surface area contributed by atoms with Crippen LogP contribution < -0.4 is 5.73 Å². The summed E-state index contributed by atoms with van der Waals surface area (Å²) >= 11 is 0. The van der Waals surface area contributed by atoms with Crippen molar-refractivity contribution in [3.05, 3.63) is 54.4 Å². The Morgan fingerprint density at radius 3 is 2.50 bits per heavy atom. The van der Waals surface area contributed by atoms with Crippen LogP contribution in [0.25, 0.3) is 22.2 Å². The second-order valence-corrected chi connectivity index (χ2v) is 4.37. The molecule has 0 bridgehead atoms. The highest BCUT2D eigenvalue weighted by Gasteiger charge is 2.07. The van der Waals surface area contributed by atoms with Gasteiger partial charge in [-0.25, -0.2) is 9.97 Å². The number of hydrogen-bond donors (Lipinski definition) is 1. The lowest BCUT2D eigenvalue weighted by atomic mass is 10.0. The SMILES string of the molecule is Cc1cnc(-c2cc(N)cc3ccccc23)nc1. The second-order valence-electron chi connectivity index (χ2n) is 4.37. The van der Waals surface area contributed by atoms with E-state index in [-0.39, 0.29) is 0 Å². The molecule has 3 heteroatoms. The minimum atomic E-state index is 0.712. The quantitative estimate of drug-likeness (QED) is 0.659. The molecule has 0 aliphatic rings. The molecule has 0 spiro atoms. The third kappa shape index (κ3) is 1.80. The predicted octanol–water partition coefficient (Wildman–Crippen LogP) is 3.19. The summed E-state index contributed by atoms with van der Waals surface area (Å²) in [6, 6.07) is 12.0. The van der Waals surface area contributed by atoms with E-state index in [0.29, 0.717) is 5.82 Å². The highest BCUT2D eigenvalue weighted by Crippen LogP contribution is 2.28. The van der Waals surface area contributed by atoms with Crippen LogP contribution in [-0.4, -0.2) is 9.97 Å². The molecule has 18 heavy (non-hydrogen) atoms. The third-order valence-corrected chi connectivity index (χ3v) is 2.91. The van der Waals surface area contributed by atoms with Gasteiger partial charge in [-0.3, -0.25) is 0 Å². The summed E-state index contributed by atoms with van der Waals surface area (Å²) < 4.78 is 0. The van der Waals surface area contributed by atoms with Gasteiger partial charge in [-0.05, 0) is 35.4 Å². The van der Waals surface area contributed by atoms with Gasteiger partial charge in [0, 0.05) is 23.6 Å². The summed E-state index contributed by atoms with van der Waals surface area (Å²) in [5, 5.41) is 2.23. The lowest BCUT2D eigenvalue weighted by Crippen LogP contribution is -1.93. The monoisotopic (exact) mass is 235 g/mol. The summed E-state index contributed by atoms with van der Waals surface area (Å²) in [5.41, 5.74) is 8.69. The highest BCUT2D eigenvalue weighted by atomic mass is 14.9. The minimum Gasteiger partial charge on any atom is -0.399 e. The normalized spacial score (nSPS) is 10.7. The number of nitrogens with two attached hydrogens (primary N) is 1. The smallest absolute Gasteiger partial charge is 0.159 e. The molecule has 0 saturated heterocycles. The molecule has 3 rings (SSSR count). The van der Waals surface area contributed by atoms with Gasteiger partial charge in [0.05, 0.1) is 0 Å². The van der Waals surface area contributed by atoms with Crippen molar-refractivity contribution in [3.63, 3.8) is 0 Å². The Morgan fingerprint density at radius 2 is 1.72 bits per heavy atom. The molecule has 2 aromatic carbocycles. The first-order valence-corrected chi connectivity index (χ1v) is 5.81. The molecule has 1 heterocycles. The number of aryl methyl sites for hydroxylation is 1. The number of anilines is 1. The number of benzene rings is 2. The van der Waals surface area contributed by atoms with Crippen LogP contribution in [-0.2, 0) is 0 Å². The molecule has 2 N–H and O–H groups in total. The molecule has 3 nitrogen and oxygen atoms in total. The van der Waals surface area contributed by atoms with Gasteiger partial charge in [-0.15, -0.1) is 0 Å².